The summed E-state index contributed by atoms with van der Waals surface area (Å²) in [6, 6.07) is 19.7. The molecule has 3 aromatic carbocycles. The summed E-state index contributed by atoms with van der Waals surface area (Å²) in [6.45, 7) is 0. The number of amides is 2. The molecule has 10 nitrogen and oxygen atoms in total. The van der Waals surface area contributed by atoms with Crippen molar-refractivity contribution < 1.29 is 24.0 Å². The lowest BCUT2D eigenvalue weighted by atomic mass is 10.1. The fraction of sp³-hybridized carbons (Fsp3) is 0.0833. The molecule has 176 valence electrons. The number of hydrogen-bond donors (Lipinski definition) is 2. The van der Waals surface area contributed by atoms with Gasteiger partial charge in [0.15, 0.2) is 0 Å². The van der Waals surface area contributed by atoms with Crippen molar-refractivity contribution in [2.45, 2.75) is 12.5 Å². The second-order valence-corrected chi connectivity index (χ2v) is 7.92. The summed E-state index contributed by atoms with van der Waals surface area (Å²) in [5.74, 6) is -1.94. The Morgan fingerprint density at radius 3 is 2.31 bits per heavy atom. The van der Waals surface area contributed by atoms with Crippen LogP contribution in [0.5, 0.6) is 0 Å². The third kappa shape index (κ3) is 6.72. The van der Waals surface area contributed by atoms with E-state index in [1.807, 2.05) is 0 Å². The van der Waals surface area contributed by atoms with E-state index in [1.165, 1.54) is 42.5 Å². The molecule has 1 unspecified atom stereocenters. The summed E-state index contributed by atoms with van der Waals surface area (Å²) >= 11 is 3.20. The Morgan fingerprint density at radius 2 is 1.71 bits per heavy atom. The maximum absolute atomic E-state index is 13.1. The number of nitro groups is 1. The molecule has 0 bridgehead atoms. The van der Waals surface area contributed by atoms with E-state index in [0.29, 0.717) is 11.3 Å². The number of nitrogens with zero attached hydrogens (tertiary/aromatic N) is 2. The number of nitriles is 1. The number of nitrogens with one attached hydrogen (secondary N) is 2. The number of anilines is 2. The molecule has 3 rings (SSSR count). The highest BCUT2D eigenvalue weighted by Crippen LogP contribution is 2.29. The highest BCUT2D eigenvalue weighted by Gasteiger charge is 2.26. The second kappa shape index (κ2) is 11.5. The summed E-state index contributed by atoms with van der Waals surface area (Å²) in [5.41, 5.74) is 1.04. The molecule has 0 aromatic heterocycles. The Labute approximate surface area is 207 Å². The van der Waals surface area contributed by atoms with E-state index in [4.69, 9.17) is 10.00 Å². The number of hydrogen-bond acceptors (Lipinski definition) is 7. The third-order valence-electron chi connectivity index (χ3n) is 4.63. The summed E-state index contributed by atoms with van der Waals surface area (Å²) < 4.78 is 5.80. The average molecular weight is 537 g/mol. The van der Waals surface area contributed by atoms with Crippen LogP contribution in [0.1, 0.15) is 28.4 Å². The highest BCUT2D eigenvalue weighted by molar-refractivity contribution is 9.10. The Hall–Kier alpha value is -4.56. The molecule has 0 saturated heterocycles. The predicted molar refractivity (Wildman–Crippen MR) is 129 cm³/mol. The van der Waals surface area contributed by atoms with Crippen molar-refractivity contribution >= 4 is 50.8 Å². The van der Waals surface area contributed by atoms with E-state index in [-0.39, 0.29) is 27.8 Å². The van der Waals surface area contributed by atoms with Gasteiger partial charge in [-0.05, 0) is 46.3 Å². The van der Waals surface area contributed by atoms with Gasteiger partial charge in [-0.1, -0.05) is 30.3 Å². The molecular formula is C24H17BrN4O6. The standard InChI is InChI=1S/C24H17BrN4O6/c25-19-14-18(29(33)34)10-11-20(19)28-23(31)22(15-4-2-1-3-5-15)35-24(32)16-6-8-17(9-7-16)27-21(30)12-13-26/h1-11,14,22H,12H2,(H,27,30)(H,28,31). The van der Waals surface area contributed by atoms with Gasteiger partial charge in [0.1, 0.15) is 6.42 Å². The molecule has 35 heavy (non-hydrogen) atoms. The first-order valence-corrected chi connectivity index (χ1v) is 10.9. The molecule has 0 heterocycles. The Kier molecular flexibility index (Phi) is 8.26. The van der Waals surface area contributed by atoms with E-state index < -0.39 is 28.8 Å². The summed E-state index contributed by atoms with van der Waals surface area (Å²) in [4.78, 5) is 47.8. The van der Waals surface area contributed by atoms with Crippen LogP contribution in [0.15, 0.2) is 77.3 Å². The van der Waals surface area contributed by atoms with Gasteiger partial charge in [-0.2, -0.15) is 5.26 Å². The maximum Gasteiger partial charge on any atom is 0.339 e. The van der Waals surface area contributed by atoms with Crippen LogP contribution in [0.2, 0.25) is 0 Å². The van der Waals surface area contributed by atoms with Crippen LogP contribution in [-0.4, -0.2) is 22.7 Å². The van der Waals surface area contributed by atoms with Gasteiger partial charge in [-0.25, -0.2) is 4.79 Å². The number of rotatable bonds is 8. The summed E-state index contributed by atoms with van der Waals surface area (Å²) in [7, 11) is 0. The molecule has 0 aliphatic carbocycles. The first-order valence-electron chi connectivity index (χ1n) is 10.1. The Balaban J connectivity index is 1.79. The monoisotopic (exact) mass is 536 g/mol. The van der Waals surface area contributed by atoms with E-state index >= 15 is 0 Å². The maximum atomic E-state index is 13.1. The number of carbonyl (C=O) groups is 3. The molecule has 0 aliphatic heterocycles. The zero-order valence-electron chi connectivity index (χ0n) is 17.9. The van der Waals surface area contributed by atoms with E-state index in [0.717, 1.165) is 0 Å². The van der Waals surface area contributed by atoms with Gasteiger partial charge in [0.25, 0.3) is 11.6 Å². The third-order valence-corrected chi connectivity index (χ3v) is 5.29. The van der Waals surface area contributed by atoms with Crippen molar-refractivity contribution in [1.82, 2.24) is 0 Å². The molecule has 2 N–H and O–H groups in total. The van der Waals surface area contributed by atoms with Gasteiger partial charge in [0.2, 0.25) is 12.0 Å². The van der Waals surface area contributed by atoms with Crippen molar-refractivity contribution in [3.63, 3.8) is 0 Å². The minimum absolute atomic E-state index is 0.133. The second-order valence-electron chi connectivity index (χ2n) is 7.07. The lowest BCUT2D eigenvalue weighted by Gasteiger charge is -2.19. The number of nitro benzene ring substituents is 1. The Morgan fingerprint density at radius 1 is 1.03 bits per heavy atom. The van der Waals surface area contributed by atoms with Gasteiger partial charge in [-0.15, -0.1) is 0 Å². The molecule has 3 aromatic rings. The number of carbonyl (C=O) groups excluding carboxylic acids is 3. The van der Waals surface area contributed by atoms with Crippen molar-refractivity contribution in [2.24, 2.45) is 0 Å². The summed E-state index contributed by atoms with van der Waals surface area (Å²) in [6.07, 6.45) is -1.62. The molecule has 2 amide bonds. The van der Waals surface area contributed by atoms with Crippen LogP contribution in [-0.2, 0) is 14.3 Å². The zero-order valence-corrected chi connectivity index (χ0v) is 19.5. The van der Waals surface area contributed by atoms with Crippen LogP contribution >= 0.6 is 15.9 Å². The first-order chi connectivity index (χ1) is 16.8. The van der Waals surface area contributed by atoms with Crippen molar-refractivity contribution in [1.29, 1.82) is 5.26 Å². The molecule has 0 aliphatic rings. The van der Waals surface area contributed by atoms with Gasteiger partial charge >= 0.3 is 5.97 Å². The van der Waals surface area contributed by atoms with Crippen LogP contribution in [0.4, 0.5) is 17.1 Å². The fourth-order valence-corrected chi connectivity index (χ4v) is 3.43. The smallest absolute Gasteiger partial charge is 0.339 e. The number of esters is 1. The van der Waals surface area contributed by atoms with Gasteiger partial charge in [0.05, 0.1) is 22.2 Å². The van der Waals surface area contributed by atoms with Gasteiger partial charge in [-0.3, -0.25) is 19.7 Å². The number of benzene rings is 3. The zero-order chi connectivity index (χ0) is 25.4. The lowest BCUT2D eigenvalue weighted by molar-refractivity contribution is -0.384. The van der Waals surface area contributed by atoms with Crippen LogP contribution < -0.4 is 10.6 Å². The van der Waals surface area contributed by atoms with E-state index in [1.54, 1.807) is 36.4 Å². The normalized spacial score (nSPS) is 11.0. The van der Waals surface area contributed by atoms with Crippen LogP contribution in [0.3, 0.4) is 0 Å². The topological polar surface area (TPSA) is 151 Å². The lowest BCUT2D eigenvalue weighted by Crippen LogP contribution is -2.26. The predicted octanol–water partition coefficient (Wildman–Crippen LogP) is 4.75. The largest absolute Gasteiger partial charge is 0.444 e. The van der Waals surface area contributed by atoms with E-state index in [9.17, 15) is 24.5 Å². The molecule has 0 radical (unpaired) electrons. The molecule has 0 saturated carbocycles. The van der Waals surface area contributed by atoms with Gasteiger partial charge < -0.3 is 15.4 Å². The van der Waals surface area contributed by atoms with Crippen molar-refractivity contribution in [3.05, 3.63) is 98.5 Å². The number of non-ortho nitro benzene ring substituents is 1. The van der Waals surface area contributed by atoms with E-state index in [2.05, 4.69) is 26.6 Å². The average Bonchev–Trinajstić information content (AvgIpc) is 2.84. The fourth-order valence-electron chi connectivity index (χ4n) is 2.96. The SMILES string of the molecule is N#CCC(=O)Nc1ccc(C(=O)OC(C(=O)Nc2ccc([N+](=O)[O-])cc2Br)c2ccccc2)cc1. The highest BCUT2D eigenvalue weighted by atomic mass is 79.9. The number of ether oxygens (including phenoxy) is 1. The molecule has 0 spiro atoms. The quantitative estimate of drug-likeness (QED) is 0.239. The minimum Gasteiger partial charge on any atom is -0.444 e. The van der Waals surface area contributed by atoms with Crippen LogP contribution in [0, 0.1) is 21.4 Å². The number of halogens is 1. The van der Waals surface area contributed by atoms with Crippen LogP contribution in [0.25, 0.3) is 0 Å². The molecule has 11 heteroatoms. The summed E-state index contributed by atoms with van der Waals surface area (Å²) in [5, 5.41) is 24.6. The van der Waals surface area contributed by atoms with Gasteiger partial charge in [0, 0.05) is 27.9 Å². The molecule has 1 atom stereocenters. The molecule has 0 fully saturated rings. The van der Waals surface area contributed by atoms with Crippen molar-refractivity contribution in [2.75, 3.05) is 10.6 Å². The Bertz CT molecular complexity index is 1310. The minimum atomic E-state index is -1.32. The van der Waals surface area contributed by atoms with Crippen molar-refractivity contribution in [3.8, 4) is 6.07 Å². The molecular weight excluding hydrogens is 520 g/mol. The first kappa shape index (κ1) is 25.1.